The molecule has 8 heteroatoms. The molecule has 1 N–H and O–H groups in total. The van der Waals surface area contributed by atoms with Crippen molar-refractivity contribution in [1.82, 2.24) is 0 Å². The van der Waals surface area contributed by atoms with Crippen molar-refractivity contribution in [2.75, 3.05) is 13.2 Å². The Morgan fingerprint density at radius 3 is 2.21 bits per heavy atom. The molecule has 202 valence electrons. The molecule has 0 atom stereocenters. The van der Waals surface area contributed by atoms with Crippen LogP contribution in [0.5, 0.6) is 11.5 Å². The summed E-state index contributed by atoms with van der Waals surface area (Å²) in [6, 6.07) is 13.9. The van der Waals surface area contributed by atoms with Crippen molar-refractivity contribution in [3.05, 3.63) is 72.3 Å². The fourth-order valence-electron chi connectivity index (χ4n) is 4.22. The number of carbonyl (C=O) groups excluding carboxylic acids is 3. The second kappa shape index (κ2) is 15.3. The van der Waals surface area contributed by atoms with Crippen LogP contribution in [0.2, 0.25) is 0 Å². The van der Waals surface area contributed by atoms with E-state index in [1.165, 1.54) is 0 Å². The molecule has 0 heterocycles. The average molecular weight is 522 g/mol. The van der Waals surface area contributed by atoms with Crippen molar-refractivity contribution < 1.29 is 33.3 Å². The fourth-order valence-corrected chi connectivity index (χ4v) is 4.22. The first-order chi connectivity index (χ1) is 18.5. The van der Waals surface area contributed by atoms with Gasteiger partial charge in [-0.1, -0.05) is 24.8 Å². The molecule has 38 heavy (non-hydrogen) atoms. The quantitative estimate of drug-likeness (QED) is 0.112. The maximum absolute atomic E-state index is 12.6. The van der Waals surface area contributed by atoms with Gasteiger partial charge in [0.2, 0.25) is 0 Å². The summed E-state index contributed by atoms with van der Waals surface area (Å²) in [5, 5.41) is 7.45. The molecular weight excluding hydrogens is 486 g/mol. The molecule has 1 saturated carbocycles. The van der Waals surface area contributed by atoms with Crippen LogP contribution in [0, 0.1) is 11.3 Å². The van der Waals surface area contributed by atoms with Crippen LogP contribution >= 0.6 is 0 Å². The number of nitrogens with one attached hydrogen (secondary N) is 1. The molecule has 0 bridgehead atoms. The molecule has 0 spiro atoms. The van der Waals surface area contributed by atoms with Crippen molar-refractivity contribution in [3.8, 4) is 11.5 Å². The number of carbonyl (C=O) groups is 3. The van der Waals surface area contributed by atoms with Gasteiger partial charge in [0.15, 0.2) is 0 Å². The topological polar surface area (TPSA) is 112 Å². The number of rotatable bonds is 14. The highest BCUT2D eigenvalue weighted by Gasteiger charge is 2.30. The SMILES string of the molecule is C=CC(=O)OCCCCCCOc1ccc(OC(=O)[C@H]2CC[C@H](OC(=O)c3ccccc3C=N)CC2)cc1. The van der Waals surface area contributed by atoms with Crippen LogP contribution in [0.3, 0.4) is 0 Å². The van der Waals surface area contributed by atoms with E-state index in [0.717, 1.165) is 38.0 Å². The first-order valence-electron chi connectivity index (χ1n) is 13.0. The van der Waals surface area contributed by atoms with E-state index in [-0.39, 0.29) is 18.0 Å². The largest absolute Gasteiger partial charge is 0.494 e. The molecule has 2 aromatic rings. The zero-order valence-corrected chi connectivity index (χ0v) is 21.6. The zero-order chi connectivity index (χ0) is 27.2. The highest BCUT2D eigenvalue weighted by Crippen LogP contribution is 2.29. The molecule has 0 saturated heterocycles. The lowest BCUT2D eigenvalue weighted by Gasteiger charge is -2.27. The molecule has 0 aromatic heterocycles. The van der Waals surface area contributed by atoms with Gasteiger partial charge in [-0.3, -0.25) is 4.79 Å². The molecule has 0 amide bonds. The minimum atomic E-state index is -0.441. The number of unbranched alkanes of at least 4 members (excludes halogenated alkanes) is 3. The van der Waals surface area contributed by atoms with Gasteiger partial charge in [0, 0.05) is 17.9 Å². The smallest absolute Gasteiger partial charge is 0.339 e. The highest BCUT2D eigenvalue weighted by atomic mass is 16.5. The van der Waals surface area contributed by atoms with Gasteiger partial charge in [0.1, 0.15) is 17.6 Å². The number of esters is 3. The van der Waals surface area contributed by atoms with Crippen molar-refractivity contribution in [3.63, 3.8) is 0 Å². The normalized spacial score (nSPS) is 16.6. The Morgan fingerprint density at radius 2 is 1.53 bits per heavy atom. The molecule has 1 aliphatic carbocycles. The maximum Gasteiger partial charge on any atom is 0.339 e. The molecule has 1 aliphatic rings. The van der Waals surface area contributed by atoms with Crippen molar-refractivity contribution in [1.29, 1.82) is 5.41 Å². The van der Waals surface area contributed by atoms with Gasteiger partial charge in [0.25, 0.3) is 0 Å². The summed E-state index contributed by atoms with van der Waals surface area (Å²) in [4.78, 5) is 36.1. The lowest BCUT2D eigenvalue weighted by atomic mass is 9.87. The Hall–Kier alpha value is -3.94. The predicted octanol–water partition coefficient (Wildman–Crippen LogP) is 5.67. The number of benzene rings is 2. The van der Waals surface area contributed by atoms with E-state index < -0.39 is 11.9 Å². The van der Waals surface area contributed by atoms with Crippen LogP contribution in [0.4, 0.5) is 0 Å². The van der Waals surface area contributed by atoms with Gasteiger partial charge in [-0.25, -0.2) is 9.59 Å². The number of hydrogen-bond acceptors (Lipinski definition) is 8. The fraction of sp³-hybridized carbons (Fsp3) is 0.400. The first kappa shape index (κ1) is 28.6. The molecule has 2 aromatic carbocycles. The predicted molar refractivity (Wildman–Crippen MR) is 143 cm³/mol. The average Bonchev–Trinajstić information content (AvgIpc) is 2.95. The standard InChI is InChI=1S/C30H35NO7/c1-2-28(32)36-20-8-4-3-7-19-35-24-15-17-26(18-16-24)37-29(33)22-11-13-25(14-12-22)38-30(34)27-10-6-5-9-23(27)21-31/h2,5-6,9-10,15-18,21-22,25,31H,1,3-4,7-8,11-14,19-20H2/t22-,25-. The zero-order valence-electron chi connectivity index (χ0n) is 21.6. The molecule has 0 radical (unpaired) electrons. The van der Waals surface area contributed by atoms with E-state index in [1.807, 2.05) is 0 Å². The summed E-state index contributed by atoms with van der Waals surface area (Å²) < 4.78 is 21.9. The Balaban J connectivity index is 1.32. The Kier molecular flexibility index (Phi) is 11.6. The van der Waals surface area contributed by atoms with Crippen LogP contribution < -0.4 is 9.47 Å². The molecule has 8 nitrogen and oxygen atoms in total. The first-order valence-corrected chi connectivity index (χ1v) is 13.0. The van der Waals surface area contributed by atoms with Crippen molar-refractivity contribution >= 4 is 24.1 Å². The van der Waals surface area contributed by atoms with Gasteiger partial charge in [0.05, 0.1) is 24.7 Å². The van der Waals surface area contributed by atoms with Crippen molar-refractivity contribution in [2.24, 2.45) is 5.92 Å². The Labute approximate surface area is 223 Å². The van der Waals surface area contributed by atoms with Gasteiger partial charge < -0.3 is 24.4 Å². The van der Waals surface area contributed by atoms with Crippen molar-refractivity contribution in [2.45, 2.75) is 57.5 Å². The lowest BCUT2D eigenvalue weighted by molar-refractivity contribution is -0.140. The summed E-state index contributed by atoms with van der Waals surface area (Å²) in [7, 11) is 0. The lowest BCUT2D eigenvalue weighted by Crippen LogP contribution is -2.30. The van der Waals surface area contributed by atoms with E-state index in [4.69, 9.17) is 24.4 Å². The van der Waals surface area contributed by atoms with Crippen LogP contribution in [0.1, 0.15) is 67.3 Å². The number of ether oxygens (including phenoxy) is 4. The van der Waals surface area contributed by atoms with E-state index in [2.05, 4.69) is 6.58 Å². The summed E-state index contributed by atoms with van der Waals surface area (Å²) in [6.45, 7) is 4.34. The third-order valence-electron chi connectivity index (χ3n) is 6.38. The molecular formula is C30H35NO7. The van der Waals surface area contributed by atoms with Gasteiger partial charge in [-0.2, -0.15) is 0 Å². The van der Waals surface area contributed by atoms with Gasteiger partial charge in [-0.15, -0.1) is 0 Å². The van der Waals surface area contributed by atoms with E-state index in [9.17, 15) is 14.4 Å². The van der Waals surface area contributed by atoms with Gasteiger partial charge in [-0.05, 0) is 81.7 Å². The summed E-state index contributed by atoms with van der Waals surface area (Å²) in [5.74, 6) is -0.184. The molecule has 3 rings (SSSR count). The molecule has 0 aliphatic heterocycles. The minimum absolute atomic E-state index is 0.241. The van der Waals surface area contributed by atoms with Crippen LogP contribution in [-0.2, 0) is 19.1 Å². The third-order valence-corrected chi connectivity index (χ3v) is 6.38. The number of hydrogen-bond donors (Lipinski definition) is 1. The van der Waals surface area contributed by atoms with Crippen LogP contribution in [-0.4, -0.2) is 43.4 Å². The Bertz CT molecular complexity index is 1090. The highest BCUT2D eigenvalue weighted by molar-refractivity contribution is 5.98. The monoisotopic (exact) mass is 521 g/mol. The van der Waals surface area contributed by atoms with Gasteiger partial charge >= 0.3 is 17.9 Å². The third kappa shape index (κ3) is 9.18. The Morgan fingerprint density at radius 1 is 0.868 bits per heavy atom. The second-order valence-electron chi connectivity index (χ2n) is 9.14. The summed E-state index contributed by atoms with van der Waals surface area (Å²) in [5.41, 5.74) is 0.895. The molecule has 1 fully saturated rings. The van der Waals surface area contributed by atoms with Crippen LogP contribution in [0.25, 0.3) is 0 Å². The maximum atomic E-state index is 12.6. The minimum Gasteiger partial charge on any atom is -0.494 e. The second-order valence-corrected chi connectivity index (χ2v) is 9.14. The van der Waals surface area contributed by atoms with E-state index in [1.54, 1.807) is 48.5 Å². The summed E-state index contributed by atoms with van der Waals surface area (Å²) in [6.07, 6.45) is 8.01. The van der Waals surface area contributed by atoms with Crippen LogP contribution in [0.15, 0.2) is 61.2 Å². The summed E-state index contributed by atoms with van der Waals surface area (Å²) >= 11 is 0. The molecule has 0 unspecified atom stereocenters. The van der Waals surface area contributed by atoms with E-state index >= 15 is 0 Å². The van der Waals surface area contributed by atoms with E-state index in [0.29, 0.717) is 61.5 Å².